The van der Waals surface area contributed by atoms with Crippen LogP contribution in [0.15, 0.2) is 6.20 Å². The van der Waals surface area contributed by atoms with Crippen molar-refractivity contribution >= 4 is 11.9 Å². The maximum Gasteiger partial charge on any atom is 0.234 e. The van der Waals surface area contributed by atoms with E-state index in [0.717, 1.165) is 57.2 Å². The number of rotatable bonds is 6. The summed E-state index contributed by atoms with van der Waals surface area (Å²) in [5.74, 6) is 0.880. The molecule has 2 fully saturated rings. The van der Waals surface area contributed by atoms with Crippen molar-refractivity contribution in [3.05, 3.63) is 17.5 Å². The number of anilines is 1. The number of carbonyl (C=O) groups excluding carboxylic acids is 1. The Hall–Kier alpha value is -1.77. The first-order chi connectivity index (χ1) is 12.8. The molecule has 2 atom stereocenters. The van der Waals surface area contributed by atoms with Crippen LogP contribution >= 0.6 is 0 Å². The van der Waals surface area contributed by atoms with Crippen LogP contribution in [0.1, 0.15) is 30.1 Å². The third kappa shape index (κ3) is 3.54. The number of carbonyl (C=O) groups is 1. The Bertz CT molecular complexity index is 650. The van der Waals surface area contributed by atoms with E-state index in [2.05, 4.69) is 20.1 Å². The summed E-state index contributed by atoms with van der Waals surface area (Å²) >= 11 is 0. The molecule has 142 valence electrons. The molecule has 3 aliphatic heterocycles. The zero-order chi connectivity index (χ0) is 17.9. The Kier molecular flexibility index (Phi) is 5.33. The summed E-state index contributed by atoms with van der Waals surface area (Å²) in [6.45, 7) is 4.69. The predicted octanol–water partition coefficient (Wildman–Crippen LogP) is 0.137. The van der Waals surface area contributed by atoms with Crippen LogP contribution in [-0.2, 0) is 20.7 Å². The second-order valence-corrected chi connectivity index (χ2v) is 7.14. The van der Waals surface area contributed by atoms with Gasteiger partial charge in [-0.25, -0.2) is 9.97 Å². The van der Waals surface area contributed by atoms with Gasteiger partial charge in [0.15, 0.2) is 0 Å². The monoisotopic (exact) mass is 361 g/mol. The fourth-order valence-corrected chi connectivity index (χ4v) is 4.24. The van der Waals surface area contributed by atoms with Crippen molar-refractivity contribution in [3.63, 3.8) is 0 Å². The molecule has 1 aromatic rings. The summed E-state index contributed by atoms with van der Waals surface area (Å²) in [6, 6.07) is 0.656. The highest BCUT2D eigenvalue weighted by Crippen LogP contribution is 2.42. The average molecular weight is 361 g/mol. The Balaban J connectivity index is 1.45. The first-order valence-corrected chi connectivity index (χ1v) is 9.46. The smallest absolute Gasteiger partial charge is 0.234 e. The van der Waals surface area contributed by atoms with Crippen molar-refractivity contribution in [2.24, 2.45) is 0 Å². The molecule has 8 nitrogen and oxygen atoms in total. The summed E-state index contributed by atoms with van der Waals surface area (Å²) in [5.41, 5.74) is 2.35. The van der Waals surface area contributed by atoms with E-state index >= 15 is 0 Å². The molecule has 0 aliphatic carbocycles. The van der Waals surface area contributed by atoms with Gasteiger partial charge in [0, 0.05) is 57.0 Å². The van der Waals surface area contributed by atoms with Crippen LogP contribution in [0.2, 0.25) is 0 Å². The fourth-order valence-electron chi connectivity index (χ4n) is 4.24. The third-order valence-corrected chi connectivity index (χ3v) is 5.57. The molecule has 1 aromatic heterocycles. The molecule has 3 aliphatic rings. The van der Waals surface area contributed by atoms with Crippen LogP contribution in [-0.4, -0.2) is 79.9 Å². The topological polar surface area (TPSA) is 79.8 Å². The molecule has 1 amide bonds. The second kappa shape index (κ2) is 7.85. The lowest BCUT2D eigenvalue weighted by Crippen LogP contribution is -2.45. The van der Waals surface area contributed by atoms with Gasteiger partial charge < -0.3 is 19.7 Å². The van der Waals surface area contributed by atoms with Crippen LogP contribution in [0, 0.1) is 0 Å². The van der Waals surface area contributed by atoms with E-state index in [1.165, 1.54) is 5.56 Å². The van der Waals surface area contributed by atoms with Crippen LogP contribution in [0.3, 0.4) is 0 Å². The lowest BCUT2D eigenvalue weighted by atomic mass is 9.99. The number of nitrogens with zero attached hydrogens (tertiary/aromatic N) is 4. The highest BCUT2D eigenvalue weighted by atomic mass is 16.5. The SMILES string of the molecule is COCCNC(=O)CN1[C@@H]2CC[C@@H]1c1cnc(N3CCOCC3)nc1C2. The van der Waals surface area contributed by atoms with Crippen molar-refractivity contribution in [1.29, 1.82) is 0 Å². The molecule has 0 saturated carbocycles. The van der Waals surface area contributed by atoms with Gasteiger partial charge in [0.2, 0.25) is 11.9 Å². The molecular weight excluding hydrogens is 334 g/mol. The average Bonchev–Trinajstić information content (AvgIpc) is 2.94. The van der Waals surface area contributed by atoms with E-state index in [1.807, 2.05) is 6.20 Å². The van der Waals surface area contributed by atoms with Crippen LogP contribution in [0.5, 0.6) is 0 Å². The molecule has 2 saturated heterocycles. The van der Waals surface area contributed by atoms with Crippen molar-refractivity contribution in [1.82, 2.24) is 20.2 Å². The quantitative estimate of drug-likeness (QED) is 0.722. The summed E-state index contributed by atoms with van der Waals surface area (Å²) in [7, 11) is 1.64. The number of methoxy groups -OCH3 is 1. The van der Waals surface area contributed by atoms with Gasteiger partial charge in [0.25, 0.3) is 0 Å². The largest absolute Gasteiger partial charge is 0.383 e. The minimum absolute atomic E-state index is 0.0632. The number of morpholine rings is 1. The normalized spacial score (nSPS) is 25.2. The van der Waals surface area contributed by atoms with Gasteiger partial charge in [-0.2, -0.15) is 0 Å². The molecule has 0 radical (unpaired) electrons. The molecule has 4 heterocycles. The zero-order valence-corrected chi connectivity index (χ0v) is 15.3. The minimum Gasteiger partial charge on any atom is -0.383 e. The second-order valence-electron chi connectivity index (χ2n) is 7.14. The number of aromatic nitrogens is 2. The van der Waals surface area contributed by atoms with Gasteiger partial charge in [0.05, 0.1) is 32.1 Å². The Morgan fingerprint density at radius 3 is 3.04 bits per heavy atom. The number of ether oxygens (including phenoxy) is 2. The van der Waals surface area contributed by atoms with E-state index in [-0.39, 0.29) is 11.9 Å². The molecule has 0 unspecified atom stereocenters. The van der Waals surface area contributed by atoms with E-state index in [9.17, 15) is 4.79 Å². The van der Waals surface area contributed by atoms with E-state index in [4.69, 9.17) is 14.5 Å². The van der Waals surface area contributed by atoms with Crippen molar-refractivity contribution in [2.45, 2.75) is 31.3 Å². The van der Waals surface area contributed by atoms with E-state index in [0.29, 0.717) is 25.7 Å². The Morgan fingerprint density at radius 1 is 1.38 bits per heavy atom. The Morgan fingerprint density at radius 2 is 2.23 bits per heavy atom. The van der Waals surface area contributed by atoms with Crippen LogP contribution in [0.25, 0.3) is 0 Å². The number of fused-ring (bicyclic) bond motifs is 4. The highest BCUT2D eigenvalue weighted by molar-refractivity contribution is 5.78. The molecule has 8 heteroatoms. The third-order valence-electron chi connectivity index (χ3n) is 5.57. The van der Waals surface area contributed by atoms with Crippen molar-refractivity contribution < 1.29 is 14.3 Å². The number of amides is 1. The number of nitrogens with one attached hydrogen (secondary N) is 1. The van der Waals surface area contributed by atoms with E-state index < -0.39 is 0 Å². The zero-order valence-electron chi connectivity index (χ0n) is 15.3. The van der Waals surface area contributed by atoms with Gasteiger partial charge in [0.1, 0.15) is 0 Å². The maximum atomic E-state index is 12.2. The van der Waals surface area contributed by atoms with Crippen LogP contribution in [0.4, 0.5) is 5.95 Å². The Labute approximate surface area is 153 Å². The van der Waals surface area contributed by atoms with Gasteiger partial charge in [-0.05, 0) is 12.8 Å². The molecule has 2 bridgehead atoms. The summed E-state index contributed by atoms with van der Waals surface area (Å²) in [5, 5.41) is 2.92. The number of hydrogen-bond acceptors (Lipinski definition) is 7. The van der Waals surface area contributed by atoms with Crippen LogP contribution < -0.4 is 10.2 Å². The predicted molar refractivity (Wildman–Crippen MR) is 96.1 cm³/mol. The maximum absolute atomic E-state index is 12.2. The standard InChI is InChI=1S/C18H27N5O3/c1-25-7-4-19-17(24)12-23-13-2-3-16(23)14-11-20-18(21-15(14)10-13)22-5-8-26-9-6-22/h11,13,16H,2-10,12H2,1H3,(H,19,24)/t13-,16-/m1/s1. The van der Waals surface area contributed by atoms with Gasteiger partial charge >= 0.3 is 0 Å². The fraction of sp³-hybridized carbons (Fsp3) is 0.722. The molecule has 0 spiro atoms. The van der Waals surface area contributed by atoms with Crippen molar-refractivity contribution in [2.75, 3.05) is 58.0 Å². The molecule has 1 N–H and O–H groups in total. The minimum atomic E-state index is 0.0632. The molecule has 26 heavy (non-hydrogen) atoms. The van der Waals surface area contributed by atoms with Gasteiger partial charge in [-0.15, -0.1) is 0 Å². The molecule has 4 rings (SSSR count). The summed E-state index contributed by atoms with van der Waals surface area (Å²) in [6.07, 6.45) is 5.06. The van der Waals surface area contributed by atoms with Crippen molar-refractivity contribution in [3.8, 4) is 0 Å². The van der Waals surface area contributed by atoms with Gasteiger partial charge in [-0.1, -0.05) is 0 Å². The lowest BCUT2D eigenvalue weighted by Gasteiger charge is -2.35. The summed E-state index contributed by atoms with van der Waals surface area (Å²) in [4.78, 5) is 26.2. The lowest BCUT2D eigenvalue weighted by molar-refractivity contribution is -0.123. The summed E-state index contributed by atoms with van der Waals surface area (Å²) < 4.78 is 10.4. The molecular formula is C18H27N5O3. The highest BCUT2D eigenvalue weighted by Gasteiger charge is 2.41. The number of hydrogen-bond donors (Lipinski definition) is 1. The first kappa shape index (κ1) is 17.6. The molecule has 0 aromatic carbocycles. The van der Waals surface area contributed by atoms with Gasteiger partial charge in [-0.3, -0.25) is 9.69 Å². The first-order valence-electron chi connectivity index (χ1n) is 9.46. The van der Waals surface area contributed by atoms with E-state index in [1.54, 1.807) is 7.11 Å².